The maximum absolute atomic E-state index is 12.9. The van der Waals surface area contributed by atoms with Crippen LogP contribution in [0.3, 0.4) is 0 Å². The van der Waals surface area contributed by atoms with Crippen LogP contribution in [-0.4, -0.2) is 41.5 Å². The number of aromatic nitrogens is 1. The van der Waals surface area contributed by atoms with Crippen LogP contribution in [0.1, 0.15) is 18.5 Å². The summed E-state index contributed by atoms with van der Waals surface area (Å²) in [6.45, 7) is 3.86. The first kappa shape index (κ1) is 16.7. The van der Waals surface area contributed by atoms with Crippen LogP contribution >= 0.6 is 11.6 Å². The molecule has 126 valence electrons. The second-order valence-electron chi connectivity index (χ2n) is 5.73. The van der Waals surface area contributed by atoms with Crippen molar-refractivity contribution in [3.05, 3.63) is 59.4 Å². The van der Waals surface area contributed by atoms with Crippen molar-refractivity contribution < 1.29 is 9.53 Å². The van der Waals surface area contributed by atoms with Crippen molar-refractivity contribution in [1.82, 2.24) is 15.2 Å². The Morgan fingerprint density at radius 2 is 2.21 bits per heavy atom. The zero-order valence-electron chi connectivity index (χ0n) is 13.5. The summed E-state index contributed by atoms with van der Waals surface area (Å²) in [5, 5.41) is 3.83. The number of piperazine rings is 1. The third-order valence-corrected chi connectivity index (χ3v) is 4.40. The third kappa shape index (κ3) is 3.68. The number of rotatable bonds is 4. The Kier molecular flexibility index (Phi) is 5.33. The number of nitrogens with zero attached hydrogens (tertiary/aromatic N) is 2. The van der Waals surface area contributed by atoms with Crippen LogP contribution in [0.15, 0.2) is 48.8 Å². The zero-order valence-corrected chi connectivity index (χ0v) is 14.2. The number of pyridine rings is 1. The minimum atomic E-state index is -0.609. The van der Waals surface area contributed by atoms with Crippen LogP contribution in [0, 0.1) is 0 Å². The average Bonchev–Trinajstić information content (AvgIpc) is 2.63. The maximum atomic E-state index is 12.9. The summed E-state index contributed by atoms with van der Waals surface area (Å²) in [6.07, 6.45) is 2.93. The van der Waals surface area contributed by atoms with Gasteiger partial charge in [-0.2, -0.15) is 0 Å². The molecule has 1 aromatic carbocycles. The van der Waals surface area contributed by atoms with E-state index >= 15 is 0 Å². The van der Waals surface area contributed by atoms with Crippen molar-refractivity contribution >= 4 is 17.5 Å². The fourth-order valence-corrected chi connectivity index (χ4v) is 3.03. The highest BCUT2D eigenvalue weighted by Gasteiger charge is 2.31. The van der Waals surface area contributed by atoms with Gasteiger partial charge in [0.2, 0.25) is 0 Å². The number of benzene rings is 1. The van der Waals surface area contributed by atoms with E-state index in [2.05, 4.69) is 10.3 Å². The largest absolute Gasteiger partial charge is 0.479 e. The Morgan fingerprint density at radius 1 is 1.38 bits per heavy atom. The van der Waals surface area contributed by atoms with Crippen LogP contribution in [0.2, 0.25) is 5.02 Å². The summed E-state index contributed by atoms with van der Waals surface area (Å²) in [4.78, 5) is 18.9. The predicted molar refractivity (Wildman–Crippen MR) is 93.1 cm³/mol. The molecule has 0 radical (unpaired) electrons. The van der Waals surface area contributed by atoms with E-state index in [1.54, 1.807) is 31.5 Å². The second-order valence-corrected chi connectivity index (χ2v) is 6.14. The molecule has 0 bridgehead atoms. The molecule has 0 aliphatic carbocycles. The lowest BCUT2D eigenvalue weighted by molar-refractivity contribution is -0.141. The van der Waals surface area contributed by atoms with Crippen LogP contribution in [-0.2, 0) is 4.79 Å². The maximum Gasteiger partial charge on any atom is 0.263 e. The minimum Gasteiger partial charge on any atom is -0.479 e. The topological polar surface area (TPSA) is 54.5 Å². The molecule has 6 heteroatoms. The number of para-hydroxylation sites is 1. The number of carbonyl (C=O) groups excluding carboxylic acids is 1. The molecule has 1 saturated heterocycles. The van der Waals surface area contributed by atoms with Gasteiger partial charge in [-0.1, -0.05) is 29.8 Å². The fraction of sp³-hybridized carbons (Fsp3) is 0.333. The zero-order chi connectivity index (χ0) is 16.9. The molecule has 2 unspecified atom stereocenters. The Labute approximate surface area is 146 Å². The van der Waals surface area contributed by atoms with E-state index in [1.807, 2.05) is 29.2 Å². The van der Waals surface area contributed by atoms with Gasteiger partial charge in [-0.05, 0) is 30.7 Å². The Morgan fingerprint density at radius 3 is 2.96 bits per heavy atom. The van der Waals surface area contributed by atoms with Gasteiger partial charge in [0.15, 0.2) is 6.10 Å². The smallest absolute Gasteiger partial charge is 0.263 e. The Hall–Kier alpha value is -2.11. The van der Waals surface area contributed by atoms with E-state index in [0.29, 0.717) is 23.9 Å². The van der Waals surface area contributed by atoms with Crippen molar-refractivity contribution in [2.24, 2.45) is 0 Å². The standard InChI is InChI=1S/C18H20ClN3O2/c1-13(24-17-7-3-2-6-15(17)19)18(23)22-10-9-21-12-16(22)14-5-4-8-20-11-14/h2-8,11,13,16,21H,9-10,12H2,1H3. The van der Waals surface area contributed by atoms with E-state index in [0.717, 1.165) is 12.1 Å². The van der Waals surface area contributed by atoms with Crippen molar-refractivity contribution in [2.45, 2.75) is 19.1 Å². The molecule has 1 N–H and O–H groups in total. The fourth-order valence-electron chi connectivity index (χ4n) is 2.85. The first-order valence-corrected chi connectivity index (χ1v) is 8.37. The molecular weight excluding hydrogens is 326 g/mol. The van der Waals surface area contributed by atoms with Crippen LogP contribution in [0.4, 0.5) is 0 Å². The summed E-state index contributed by atoms with van der Waals surface area (Å²) in [5.74, 6) is 0.471. The number of hydrogen-bond donors (Lipinski definition) is 1. The molecule has 2 atom stereocenters. The van der Waals surface area contributed by atoms with Gasteiger partial charge in [0.1, 0.15) is 5.75 Å². The lowest BCUT2D eigenvalue weighted by atomic mass is 10.0. The molecule has 5 nitrogen and oxygen atoms in total. The summed E-state index contributed by atoms with van der Waals surface area (Å²) in [6, 6.07) is 11.0. The SMILES string of the molecule is CC(Oc1ccccc1Cl)C(=O)N1CCNCC1c1cccnc1. The van der Waals surface area contributed by atoms with Gasteiger partial charge < -0.3 is 15.0 Å². The van der Waals surface area contributed by atoms with Crippen LogP contribution < -0.4 is 10.1 Å². The lowest BCUT2D eigenvalue weighted by Gasteiger charge is -2.37. The highest BCUT2D eigenvalue weighted by molar-refractivity contribution is 6.32. The quantitative estimate of drug-likeness (QED) is 0.925. The monoisotopic (exact) mass is 345 g/mol. The van der Waals surface area contributed by atoms with Gasteiger partial charge in [0.25, 0.3) is 5.91 Å². The molecule has 1 aliphatic rings. The summed E-state index contributed by atoms with van der Waals surface area (Å²) in [5.41, 5.74) is 1.02. The van der Waals surface area contributed by atoms with Crippen molar-refractivity contribution in [3.8, 4) is 5.75 Å². The van der Waals surface area contributed by atoms with Crippen molar-refractivity contribution in [2.75, 3.05) is 19.6 Å². The van der Waals surface area contributed by atoms with Crippen LogP contribution in [0.25, 0.3) is 0 Å². The highest BCUT2D eigenvalue weighted by Crippen LogP contribution is 2.26. The van der Waals surface area contributed by atoms with Gasteiger partial charge in [-0.3, -0.25) is 9.78 Å². The molecule has 1 aromatic heterocycles. The highest BCUT2D eigenvalue weighted by atomic mass is 35.5. The van der Waals surface area contributed by atoms with Gasteiger partial charge in [-0.25, -0.2) is 0 Å². The normalized spacial score (nSPS) is 18.9. The minimum absolute atomic E-state index is 0.0442. The summed E-state index contributed by atoms with van der Waals surface area (Å²) in [7, 11) is 0. The molecule has 2 heterocycles. The predicted octanol–water partition coefficient (Wildman–Crippen LogP) is 2.68. The van der Waals surface area contributed by atoms with Gasteiger partial charge in [0.05, 0.1) is 11.1 Å². The number of hydrogen-bond acceptors (Lipinski definition) is 4. The number of ether oxygens (including phenoxy) is 1. The van der Waals surface area contributed by atoms with E-state index in [1.165, 1.54) is 0 Å². The van der Waals surface area contributed by atoms with E-state index < -0.39 is 6.10 Å². The molecule has 0 spiro atoms. The Bertz CT molecular complexity index is 696. The number of nitrogens with one attached hydrogen (secondary N) is 1. The molecule has 1 amide bonds. The molecular formula is C18H20ClN3O2. The first-order chi connectivity index (χ1) is 11.7. The van der Waals surface area contributed by atoms with Crippen LogP contribution in [0.5, 0.6) is 5.75 Å². The van der Waals surface area contributed by atoms with E-state index in [-0.39, 0.29) is 11.9 Å². The lowest BCUT2D eigenvalue weighted by Crippen LogP contribution is -2.52. The van der Waals surface area contributed by atoms with Gasteiger partial charge in [-0.15, -0.1) is 0 Å². The summed E-state index contributed by atoms with van der Waals surface area (Å²) >= 11 is 6.12. The molecule has 3 rings (SSSR count). The van der Waals surface area contributed by atoms with Crippen molar-refractivity contribution in [3.63, 3.8) is 0 Å². The number of amides is 1. The molecule has 1 fully saturated rings. The number of carbonyl (C=O) groups is 1. The molecule has 24 heavy (non-hydrogen) atoms. The van der Waals surface area contributed by atoms with Gasteiger partial charge >= 0.3 is 0 Å². The third-order valence-electron chi connectivity index (χ3n) is 4.08. The number of halogens is 1. The molecule has 1 aliphatic heterocycles. The molecule has 0 saturated carbocycles. The summed E-state index contributed by atoms with van der Waals surface area (Å²) < 4.78 is 5.79. The first-order valence-electron chi connectivity index (χ1n) is 7.99. The van der Waals surface area contributed by atoms with Gasteiger partial charge in [0, 0.05) is 32.0 Å². The second kappa shape index (κ2) is 7.64. The average molecular weight is 346 g/mol. The van der Waals surface area contributed by atoms with E-state index in [4.69, 9.17) is 16.3 Å². The van der Waals surface area contributed by atoms with Crippen molar-refractivity contribution in [1.29, 1.82) is 0 Å². The molecule has 2 aromatic rings. The Balaban J connectivity index is 1.75. The van der Waals surface area contributed by atoms with E-state index in [9.17, 15) is 4.79 Å².